The number of hydrogen-bond acceptors (Lipinski definition) is 3. The van der Waals surface area contributed by atoms with Crippen molar-refractivity contribution in [1.82, 2.24) is 0 Å². The maximum absolute atomic E-state index is 6.31. The second-order valence-corrected chi connectivity index (χ2v) is 5.35. The SMILES string of the molecule is COCCN(c1c(N)cccc1Cl)C(C)C1CC1. The Morgan fingerprint density at radius 1 is 1.50 bits per heavy atom. The lowest BCUT2D eigenvalue weighted by atomic mass is 10.1. The molecular formula is C14H21ClN2O. The summed E-state index contributed by atoms with van der Waals surface area (Å²) in [5, 5.41) is 0.721. The Labute approximate surface area is 114 Å². The Kier molecular flexibility index (Phi) is 4.36. The van der Waals surface area contributed by atoms with Gasteiger partial charge in [0.25, 0.3) is 0 Å². The average Bonchev–Trinajstić information content (AvgIpc) is 3.16. The number of rotatable bonds is 6. The number of ether oxygens (including phenoxy) is 1. The quantitative estimate of drug-likeness (QED) is 0.806. The Hall–Kier alpha value is -0.930. The first-order valence-corrected chi connectivity index (χ1v) is 6.82. The maximum atomic E-state index is 6.31. The minimum Gasteiger partial charge on any atom is -0.397 e. The fourth-order valence-corrected chi connectivity index (χ4v) is 2.67. The Morgan fingerprint density at radius 3 is 2.78 bits per heavy atom. The molecule has 1 aromatic rings. The number of methoxy groups -OCH3 is 1. The van der Waals surface area contributed by atoms with Gasteiger partial charge < -0.3 is 15.4 Å². The topological polar surface area (TPSA) is 38.5 Å². The standard InChI is InChI=1S/C14H21ClN2O/c1-10(11-6-7-11)17(8-9-18-2)14-12(15)4-3-5-13(14)16/h3-5,10-11H,6-9,16H2,1-2H3. The van der Waals surface area contributed by atoms with Crippen LogP contribution in [0.4, 0.5) is 11.4 Å². The molecule has 0 bridgehead atoms. The molecule has 18 heavy (non-hydrogen) atoms. The van der Waals surface area contributed by atoms with Gasteiger partial charge in [-0.1, -0.05) is 17.7 Å². The van der Waals surface area contributed by atoms with Gasteiger partial charge in [0.15, 0.2) is 0 Å². The number of halogens is 1. The van der Waals surface area contributed by atoms with Crippen LogP contribution in [0.3, 0.4) is 0 Å². The summed E-state index contributed by atoms with van der Waals surface area (Å²) in [6.45, 7) is 3.75. The number of anilines is 2. The van der Waals surface area contributed by atoms with Gasteiger partial charge in [-0.2, -0.15) is 0 Å². The van der Waals surface area contributed by atoms with E-state index >= 15 is 0 Å². The van der Waals surface area contributed by atoms with Crippen molar-refractivity contribution >= 4 is 23.0 Å². The normalized spacial score (nSPS) is 16.6. The molecule has 0 aliphatic heterocycles. The molecule has 0 radical (unpaired) electrons. The first-order chi connectivity index (χ1) is 8.65. The van der Waals surface area contributed by atoms with E-state index in [0.717, 1.165) is 28.9 Å². The van der Waals surface area contributed by atoms with Crippen molar-refractivity contribution in [2.45, 2.75) is 25.8 Å². The van der Waals surface area contributed by atoms with Crippen LogP contribution in [0.2, 0.25) is 5.02 Å². The smallest absolute Gasteiger partial charge is 0.0792 e. The second-order valence-electron chi connectivity index (χ2n) is 4.94. The van der Waals surface area contributed by atoms with Crippen LogP contribution in [0, 0.1) is 5.92 Å². The van der Waals surface area contributed by atoms with E-state index < -0.39 is 0 Å². The molecule has 0 heterocycles. The van der Waals surface area contributed by atoms with Gasteiger partial charge in [0.2, 0.25) is 0 Å². The highest BCUT2D eigenvalue weighted by molar-refractivity contribution is 6.34. The van der Waals surface area contributed by atoms with Crippen molar-refractivity contribution in [3.63, 3.8) is 0 Å². The largest absolute Gasteiger partial charge is 0.397 e. The molecule has 1 unspecified atom stereocenters. The predicted molar refractivity (Wildman–Crippen MR) is 77.3 cm³/mol. The van der Waals surface area contributed by atoms with Crippen molar-refractivity contribution in [1.29, 1.82) is 0 Å². The molecule has 0 amide bonds. The van der Waals surface area contributed by atoms with Crippen molar-refractivity contribution < 1.29 is 4.74 Å². The zero-order valence-electron chi connectivity index (χ0n) is 11.0. The van der Waals surface area contributed by atoms with Crippen LogP contribution in [0.25, 0.3) is 0 Å². The number of benzene rings is 1. The number of hydrogen-bond donors (Lipinski definition) is 1. The minimum atomic E-state index is 0.461. The van der Waals surface area contributed by atoms with Crippen molar-refractivity contribution in [3.05, 3.63) is 23.2 Å². The average molecular weight is 269 g/mol. The molecule has 2 rings (SSSR count). The summed E-state index contributed by atoms with van der Waals surface area (Å²) < 4.78 is 5.20. The first kappa shape index (κ1) is 13.5. The number of nitrogens with zero attached hydrogens (tertiary/aromatic N) is 1. The van der Waals surface area contributed by atoms with Gasteiger partial charge in [-0.3, -0.25) is 0 Å². The summed E-state index contributed by atoms with van der Waals surface area (Å²) in [6, 6.07) is 6.15. The van der Waals surface area contributed by atoms with Gasteiger partial charge in [0.05, 0.1) is 23.0 Å². The summed E-state index contributed by atoms with van der Waals surface area (Å²) in [4.78, 5) is 2.29. The third-order valence-corrected chi connectivity index (χ3v) is 3.94. The molecule has 100 valence electrons. The Balaban J connectivity index is 2.26. The van der Waals surface area contributed by atoms with E-state index in [9.17, 15) is 0 Å². The Morgan fingerprint density at radius 2 is 2.22 bits per heavy atom. The first-order valence-electron chi connectivity index (χ1n) is 6.44. The van der Waals surface area contributed by atoms with E-state index in [1.54, 1.807) is 7.11 Å². The molecule has 3 nitrogen and oxygen atoms in total. The summed E-state index contributed by atoms with van der Waals surface area (Å²) >= 11 is 6.31. The van der Waals surface area contributed by atoms with Crippen molar-refractivity contribution in [3.8, 4) is 0 Å². The zero-order chi connectivity index (χ0) is 13.1. The van der Waals surface area contributed by atoms with E-state index in [0.29, 0.717) is 12.6 Å². The van der Waals surface area contributed by atoms with Crippen LogP contribution in [-0.4, -0.2) is 26.3 Å². The van der Waals surface area contributed by atoms with Crippen LogP contribution in [-0.2, 0) is 4.74 Å². The third-order valence-electron chi connectivity index (χ3n) is 3.64. The molecule has 1 atom stereocenters. The van der Waals surface area contributed by atoms with Crippen LogP contribution in [0.15, 0.2) is 18.2 Å². The molecular weight excluding hydrogens is 248 g/mol. The third kappa shape index (κ3) is 2.90. The Bertz CT molecular complexity index is 387. The lowest BCUT2D eigenvalue weighted by Gasteiger charge is -2.33. The highest BCUT2D eigenvalue weighted by Gasteiger charge is 2.33. The van der Waals surface area contributed by atoms with Crippen molar-refractivity contribution in [2.75, 3.05) is 30.9 Å². The fraction of sp³-hybridized carbons (Fsp3) is 0.571. The lowest BCUT2D eigenvalue weighted by Crippen LogP contribution is -2.38. The van der Waals surface area contributed by atoms with Gasteiger partial charge in [-0.05, 0) is 37.8 Å². The fourth-order valence-electron chi connectivity index (χ4n) is 2.38. The number of para-hydroxylation sites is 1. The molecule has 1 aromatic carbocycles. The molecule has 1 saturated carbocycles. The second kappa shape index (κ2) is 5.81. The summed E-state index contributed by atoms with van der Waals surface area (Å²) in [5.41, 5.74) is 7.78. The van der Waals surface area contributed by atoms with Crippen molar-refractivity contribution in [2.24, 2.45) is 5.92 Å². The predicted octanol–water partition coefficient (Wildman–Crippen LogP) is 3.17. The van der Waals surface area contributed by atoms with Crippen LogP contribution >= 0.6 is 11.6 Å². The van der Waals surface area contributed by atoms with Crippen LogP contribution in [0.5, 0.6) is 0 Å². The molecule has 1 fully saturated rings. The molecule has 0 aromatic heterocycles. The summed E-state index contributed by atoms with van der Waals surface area (Å²) in [5.74, 6) is 0.762. The highest BCUT2D eigenvalue weighted by Crippen LogP contribution is 2.40. The summed E-state index contributed by atoms with van der Waals surface area (Å²) in [6.07, 6.45) is 2.60. The lowest BCUT2D eigenvalue weighted by molar-refractivity contribution is 0.203. The summed E-state index contributed by atoms with van der Waals surface area (Å²) in [7, 11) is 1.72. The van der Waals surface area contributed by atoms with Gasteiger partial charge in [0.1, 0.15) is 0 Å². The van der Waals surface area contributed by atoms with Crippen LogP contribution < -0.4 is 10.6 Å². The molecule has 2 N–H and O–H groups in total. The van der Waals surface area contributed by atoms with Gasteiger partial charge in [0, 0.05) is 19.7 Å². The molecule has 4 heteroatoms. The van der Waals surface area contributed by atoms with E-state index in [4.69, 9.17) is 22.1 Å². The monoisotopic (exact) mass is 268 g/mol. The molecule has 0 saturated heterocycles. The number of nitrogens with two attached hydrogens (primary N) is 1. The van der Waals surface area contributed by atoms with E-state index in [-0.39, 0.29) is 0 Å². The minimum absolute atomic E-state index is 0.461. The van der Waals surface area contributed by atoms with Gasteiger partial charge in [-0.15, -0.1) is 0 Å². The van der Waals surface area contributed by atoms with Gasteiger partial charge in [-0.25, -0.2) is 0 Å². The molecule has 1 aliphatic rings. The van der Waals surface area contributed by atoms with E-state index in [1.807, 2.05) is 18.2 Å². The van der Waals surface area contributed by atoms with Crippen LogP contribution in [0.1, 0.15) is 19.8 Å². The molecule has 1 aliphatic carbocycles. The van der Waals surface area contributed by atoms with Gasteiger partial charge >= 0.3 is 0 Å². The van der Waals surface area contributed by atoms with E-state index in [2.05, 4.69) is 11.8 Å². The molecule has 0 spiro atoms. The van der Waals surface area contributed by atoms with E-state index in [1.165, 1.54) is 12.8 Å². The number of nitrogen functional groups attached to an aromatic ring is 1. The zero-order valence-corrected chi connectivity index (χ0v) is 11.8. The highest BCUT2D eigenvalue weighted by atomic mass is 35.5. The maximum Gasteiger partial charge on any atom is 0.0792 e.